The molecule has 0 spiro atoms. The van der Waals surface area contributed by atoms with Crippen LogP contribution in [0.15, 0.2) is 12.1 Å². The number of carbonyl (C=O) groups is 2. The van der Waals surface area contributed by atoms with Gasteiger partial charge >= 0.3 is 0 Å². The topological polar surface area (TPSA) is 103 Å². The highest BCUT2D eigenvalue weighted by Gasteiger charge is 2.18. The molecule has 78 valence electrons. The summed E-state index contributed by atoms with van der Waals surface area (Å²) >= 11 is 1.78. The van der Waals surface area contributed by atoms with Crippen LogP contribution >= 0.6 is 22.6 Å². The molecule has 0 aliphatic rings. The standard InChI is InChI=1S/C8H5IN2O4/c9-6-1-4(3-12)7(11(14)15)2-5(6)8(10)13/h1-3H,(H2,10,13). The molecule has 6 nitrogen and oxygen atoms in total. The number of hydrogen-bond donors (Lipinski definition) is 1. The Morgan fingerprint density at radius 3 is 2.53 bits per heavy atom. The molecule has 0 bridgehead atoms. The van der Waals surface area contributed by atoms with Gasteiger partial charge in [-0.3, -0.25) is 19.7 Å². The molecule has 15 heavy (non-hydrogen) atoms. The Balaban J connectivity index is 3.50. The van der Waals surface area contributed by atoms with Gasteiger partial charge in [0.2, 0.25) is 5.91 Å². The average molecular weight is 320 g/mol. The van der Waals surface area contributed by atoms with Crippen LogP contribution in [0.1, 0.15) is 20.7 Å². The van der Waals surface area contributed by atoms with E-state index in [1.165, 1.54) is 6.07 Å². The van der Waals surface area contributed by atoms with Gasteiger partial charge in [0, 0.05) is 9.64 Å². The Kier molecular flexibility index (Phi) is 3.35. The summed E-state index contributed by atoms with van der Waals surface area (Å²) in [6, 6.07) is 2.26. The minimum absolute atomic E-state index is 0.0351. The van der Waals surface area contributed by atoms with Gasteiger partial charge in [-0.05, 0) is 28.7 Å². The first-order valence-corrected chi connectivity index (χ1v) is 4.78. The molecule has 0 aliphatic carbocycles. The lowest BCUT2D eigenvalue weighted by Crippen LogP contribution is -2.13. The van der Waals surface area contributed by atoms with E-state index < -0.39 is 16.5 Å². The minimum atomic E-state index is -0.764. The molecule has 1 amide bonds. The summed E-state index contributed by atoms with van der Waals surface area (Å²) in [4.78, 5) is 31.3. The summed E-state index contributed by atoms with van der Waals surface area (Å²) < 4.78 is 0.410. The van der Waals surface area contributed by atoms with Gasteiger partial charge in [-0.15, -0.1) is 0 Å². The Morgan fingerprint density at radius 1 is 1.53 bits per heavy atom. The van der Waals surface area contributed by atoms with Crippen LogP contribution in [0.3, 0.4) is 0 Å². The van der Waals surface area contributed by atoms with Crippen molar-refractivity contribution in [2.75, 3.05) is 0 Å². The van der Waals surface area contributed by atoms with Gasteiger partial charge in [-0.2, -0.15) is 0 Å². The van der Waals surface area contributed by atoms with E-state index >= 15 is 0 Å². The number of rotatable bonds is 3. The molecule has 1 aromatic rings. The van der Waals surface area contributed by atoms with Crippen molar-refractivity contribution in [2.24, 2.45) is 5.73 Å². The number of halogens is 1. The lowest BCUT2D eigenvalue weighted by atomic mass is 10.1. The van der Waals surface area contributed by atoms with Gasteiger partial charge in [0.1, 0.15) is 0 Å². The molecule has 0 aliphatic heterocycles. The Hall–Kier alpha value is -1.51. The smallest absolute Gasteiger partial charge is 0.280 e. The predicted molar refractivity (Wildman–Crippen MR) is 59.7 cm³/mol. The third-order valence-electron chi connectivity index (χ3n) is 1.71. The number of primary amides is 1. The van der Waals surface area contributed by atoms with Crippen molar-refractivity contribution in [1.82, 2.24) is 0 Å². The summed E-state index contributed by atoms with van der Waals surface area (Å²) in [6.45, 7) is 0. The monoisotopic (exact) mass is 320 g/mol. The molecule has 7 heteroatoms. The molecule has 0 radical (unpaired) electrons. The van der Waals surface area contributed by atoms with E-state index in [2.05, 4.69) is 0 Å². The van der Waals surface area contributed by atoms with Crippen molar-refractivity contribution < 1.29 is 14.5 Å². The van der Waals surface area contributed by atoms with Crippen molar-refractivity contribution in [1.29, 1.82) is 0 Å². The summed E-state index contributed by atoms with van der Waals surface area (Å²) in [5, 5.41) is 10.6. The number of nitro benzene ring substituents is 1. The van der Waals surface area contributed by atoms with Gasteiger partial charge in [-0.1, -0.05) is 0 Å². The number of aldehydes is 1. The predicted octanol–water partition coefficient (Wildman–Crippen LogP) is 1.11. The van der Waals surface area contributed by atoms with Crippen molar-refractivity contribution in [3.8, 4) is 0 Å². The fraction of sp³-hybridized carbons (Fsp3) is 0. The number of nitrogens with two attached hydrogens (primary N) is 1. The zero-order valence-corrected chi connectivity index (χ0v) is 9.43. The summed E-state index contributed by atoms with van der Waals surface area (Å²) in [5.74, 6) is -0.764. The highest BCUT2D eigenvalue weighted by molar-refractivity contribution is 14.1. The summed E-state index contributed by atoms with van der Waals surface area (Å²) in [5.41, 5.74) is 4.56. The SMILES string of the molecule is NC(=O)c1cc([N+](=O)[O-])c(C=O)cc1I. The van der Waals surface area contributed by atoms with E-state index in [0.717, 1.165) is 6.07 Å². The van der Waals surface area contributed by atoms with Gasteiger partial charge in [0.15, 0.2) is 6.29 Å². The third-order valence-corrected chi connectivity index (χ3v) is 2.60. The van der Waals surface area contributed by atoms with E-state index in [0.29, 0.717) is 9.86 Å². The third kappa shape index (κ3) is 2.29. The maximum atomic E-state index is 10.9. The van der Waals surface area contributed by atoms with Gasteiger partial charge in [-0.25, -0.2) is 0 Å². The molecule has 0 heterocycles. The lowest BCUT2D eigenvalue weighted by Gasteiger charge is -2.01. The van der Waals surface area contributed by atoms with Crippen LogP contribution in [-0.4, -0.2) is 17.1 Å². The molecule has 1 rings (SSSR count). The summed E-state index contributed by atoms with van der Waals surface area (Å²) in [7, 11) is 0. The van der Waals surface area contributed by atoms with E-state index in [1.807, 2.05) is 0 Å². The fourth-order valence-electron chi connectivity index (χ4n) is 1.02. The van der Waals surface area contributed by atoms with Crippen LogP contribution < -0.4 is 5.73 Å². The molecule has 0 unspecified atom stereocenters. The van der Waals surface area contributed by atoms with E-state index in [9.17, 15) is 19.7 Å². The maximum Gasteiger partial charge on any atom is 0.280 e. The molecule has 2 N–H and O–H groups in total. The molecular weight excluding hydrogens is 315 g/mol. The molecule has 0 atom stereocenters. The zero-order chi connectivity index (χ0) is 11.6. The molecular formula is C8H5IN2O4. The van der Waals surface area contributed by atoms with Gasteiger partial charge < -0.3 is 5.73 Å². The van der Waals surface area contributed by atoms with Crippen molar-refractivity contribution >= 4 is 40.5 Å². The first-order chi connectivity index (χ1) is 6.97. The van der Waals surface area contributed by atoms with Crippen molar-refractivity contribution in [3.05, 3.63) is 36.9 Å². The average Bonchev–Trinajstić information content (AvgIpc) is 2.16. The van der Waals surface area contributed by atoms with Crippen LogP contribution in [0.2, 0.25) is 0 Å². The van der Waals surface area contributed by atoms with Gasteiger partial charge in [0.05, 0.1) is 16.1 Å². The first-order valence-electron chi connectivity index (χ1n) is 3.70. The molecule has 0 saturated carbocycles. The van der Waals surface area contributed by atoms with Gasteiger partial charge in [0.25, 0.3) is 5.69 Å². The molecule has 0 saturated heterocycles. The summed E-state index contributed by atoms with van der Waals surface area (Å²) in [6.07, 6.45) is 0.366. The number of hydrogen-bond acceptors (Lipinski definition) is 4. The number of amides is 1. The lowest BCUT2D eigenvalue weighted by molar-refractivity contribution is -0.385. The number of benzene rings is 1. The maximum absolute atomic E-state index is 10.9. The number of nitro groups is 1. The fourth-order valence-corrected chi connectivity index (χ4v) is 1.78. The van der Waals surface area contributed by atoms with Crippen LogP contribution in [0.5, 0.6) is 0 Å². The first kappa shape index (κ1) is 11.6. The van der Waals surface area contributed by atoms with E-state index in [4.69, 9.17) is 5.73 Å². The van der Waals surface area contributed by atoms with Crippen LogP contribution in [0.25, 0.3) is 0 Å². The second-order valence-corrected chi connectivity index (χ2v) is 3.79. The van der Waals surface area contributed by atoms with E-state index in [1.54, 1.807) is 22.6 Å². The normalized spacial score (nSPS) is 9.67. The zero-order valence-electron chi connectivity index (χ0n) is 7.27. The molecule has 0 aromatic heterocycles. The second kappa shape index (κ2) is 4.34. The number of nitrogens with zero attached hydrogens (tertiary/aromatic N) is 1. The minimum Gasteiger partial charge on any atom is -0.366 e. The van der Waals surface area contributed by atoms with Crippen molar-refractivity contribution in [3.63, 3.8) is 0 Å². The van der Waals surface area contributed by atoms with Crippen LogP contribution in [0.4, 0.5) is 5.69 Å². The second-order valence-electron chi connectivity index (χ2n) is 2.63. The molecule has 0 fully saturated rings. The van der Waals surface area contributed by atoms with E-state index in [-0.39, 0.29) is 11.1 Å². The number of carbonyl (C=O) groups excluding carboxylic acids is 2. The Morgan fingerprint density at radius 2 is 2.13 bits per heavy atom. The van der Waals surface area contributed by atoms with Crippen molar-refractivity contribution in [2.45, 2.75) is 0 Å². The highest BCUT2D eigenvalue weighted by atomic mass is 127. The van der Waals surface area contributed by atoms with Crippen LogP contribution in [0, 0.1) is 13.7 Å². The van der Waals surface area contributed by atoms with Crippen LogP contribution in [-0.2, 0) is 0 Å². The quantitative estimate of drug-likeness (QED) is 0.390. The molecule has 1 aromatic carbocycles. The highest BCUT2D eigenvalue weighted by Crippen LogP contribution is 2.23. The largest absolute Gasteiger partial charge is 0.366 e. The Bertz CT molecular complexity index is 458. The Labute approximate surface area is 97.7 Å².